The Morgan fingerprint density at radius 1 is 1.36 bits per heavy atom. The molecule has 1 aromatic heterocycles. The topological polar surface area (TPSA) is 107 Å². The number of likely N-dealkylation sites (N-methyl/N-ethyl adjacent to an activating group) is 2. The zero-order chi connectivity index (χ0) is 16.0. The van der Waals surface area contributed by atoms with Crippen molar-refractivity contribution in [3.8, 4) is 0 Å². The summed E-state index contributed by atoms with van der Waals surface area (Å²) >= 11 is 0.990. The van der Waals surface area contributed by atoms with Crippen molar-refractivity contribution in [1.29, 1.82) is 0 Å². The van der Waals surface area contributed by atoms with Gasteiger partial charge in [-0.15, -0.1) is 0 Å². The largest absolute Gasteiger partial charge is 0.478 e. The van der Waals surface area contributed by atoms with Crippen molar-refractivity contribution in [2.75, 3.05) is 18.5 Å². The van der Waals surface area contributed by atoms with E-state index >= 15 is 0 Å². The average Bonchev–Trinajstić information content (AvgIpc) is 2.90. The van der Waals surface area contributed by atoms with E-state index in [0.29, 0.717) is 17.9 Å². The predicted molar refractivity (Wildman–Crippen MR) is 78.6 cm³/mol. The number of thiazole rings is 1. The summed E-state index contributed by atoms with van der Waals surface area (Å²) in [5.41, 5.74) is 2.52. The van der Waals surface area contributed by atoms with E-state index in [4.69, 9.17) is 5.11 Å². The van der Waals surface area contributed by atoms with Crippen molar-refractivity contribution in [3.63, 3.8) is 0 Å². The SMILES string of the molecule is CCN1C(=O)N(CC)C2Nn3c(s/c(=C\C(=O)O)c3=O)=NC21. The molecule has 3 heterocycles. The number of aliphatic carboxylic acids is 1. The van der Waals surface area contributed by atoms with E-state index in [2.05, 4.69) is 10.4 Å². The molecule has 2 amide bonds. The van der Waals surface area contributed by atoms with Crippen LogP contribution in [0.1, 0.15) is 13.8 Å². The monoisotopic (exact) mass is 325 g/mol. The Bertz CT molecular complexity index is 812. The molecule has 9 nitrogen and oxygen atoms in total. The number of carboxylic acid groups (broad SMARTS) is 1. The van der Waals surface area contributed by atoms with Gasteiger partial charge >= 0.3 is 12.0 Å². The van der Waals surface area contributed by atoms with Crippen LogP contribution in [0, 0.1) is 0 Å². The van der Waals surface area contributed by atoms with E-state index in [-0.39, 0.29) is 10.6 Å². The highest BCUT2D eigenvalue weighted by Gasteiger charge is 2.46. The molecule has 1 saturated heterocycles. The molecule has 1 fully saturated rings. The maximum atomic E-state index is 12.3. The molecule has 3 rings (SSSR count). The number of carboxylic acids is 1. The van der Waals surface area contributed by atoms with Gasteiger partial charge in [-0.05, 0) is 13.8 Å². The summed E-state index contributed by atoms with van der Waals surface area (Å²) in [6.07, 6.45) is 0.00846. The number of carbonyl (C=O) groups is 2. The number of amides is 2. The fourth-order valence-corrected chi connectivity index (χ4v) is 3.61. The highest BCUT2D eigenvalue weighted by Crippen LogP contribution is 2.23. The number of rotatable bonds is 3. The number of urea groups is 1. The van der Waals surface area contributed by atoms with Crippen LogP contribution < -0.4 is 20.3 Å². The van der Waals surface area contributed by atoms with Crippen molar-refractivity contribution < 1.29 is 14.7 Å². The van der Waals surface area contributed by atoms with Gasteiger partial charge in [0.1, 0.15) is 4.53 Å². The summed E-state index contributed by atoms with van der Waals surface area (Å²) in [6, 6.07) is -0.128. The van der Waals surface area contributed by atoms with Crippen LogP contribution in [-0.2, 0) is 4.79 Å². The first-order valence-corrected chi connectivity index (χ1v) is 7.67. The highest BCUT2D eigenvalue weighted by atomic mass is 32.1. The Hall–Kier alpha value is -2.36. The minimum atomic E-state index is -1.18. The van der Waals surface area contributed by atoms with E-state index in [1.807, 2.05) is 13.8 Å². The van der Waals surface area contributed by atoms with Crippen molar-refractivity contribution in [1.82, 2.24) is 14.5 Å². The second kappa shape index (κ2) is 5.13. The smallest absolute Gasteiger partial charge is 0.329 e. The molecule has 0 radical (unpaired) electrons. The molecule has 2 N–H and O–H groups in total. The normalized spacial score (nSPS) is 23.9. The maximum absolute atomic E-state index is 12.3. The quantitative estimate of drug-likeness (QED) is 0.695. The van der Waals surface area contributed by atoms with E-state index in [9.17, 15) is 14.4 Å². The zero-order valence-corrected chi connectivity index (χ0v) is 12.8. The van der Waals surface area contributed by atoms with Gasteiger partial charge < -0.3 is 5.11 Å². The number of nitrogens with one attached hydrogen (secondary N) is 1. The third-order valence-electron chi connectivity index (χ3n) is 3.68. The van der Waals surface area contributed by atoms with E-state index in [0.717, 1.165) is 17.4 Å². The van der Waals surface area contributed by atoms with E-state index in [1.54, 1.807) is 9.80 Å². The van der Waals surface area contributed by atoms with Gasteiger partial charge in [-0.3, -0.25) is 20.0 Å². The van der Waals surface area contributed by atoms with Crippen LogP contribution in [0.4, 0.5) is 4.79 Å². The number of aromatic nitrogens is 1. The Morgan fingerprint density at radius 3 is 2.64 bits per heavy atom. The minimum absolute atomic E-state index is 0.0937. The van der Waals surface area contributed by atoms with Crippen LogP contribution in [0.3, 0.4) is 0 Å². The summed E-state index contributed by atoms with van der Waals surface area (Å²) < 4.78 is 1.31. The first kappa shape index (κ1) is 14.6. The second-order valence-corrected chi connectivity index (χ2v) is 5.85. The maximum Gasteiger partial charge on any atom is 0.329 e. The van der Waals surface area contributed by atoms with Gasteiger partial charge in [-0.1, -0.05) is 11.3 Å². The molecule has 2 aliphatic rings. The lowest BCUT2D eigenvalue weighted by molar-refractivity contribution is -0.129. The molecule has 1 aromatic rings. The molecule has 10 heteroatoms. The van der Waals surface area contributed by atoms with Crippen molar-refractivity contribution in [2.45, 2.75) is 26.2 Å². The van der Waals surface area contributed by atoms with Gasteiger partial charge in [0.2, 0.25) is 4.80 Å². The molecule has 2 atom stereocenters. The molecule has 22 heavy (non-hydrogen) atoms. The third-order valence-corrected chi connectivity index (χ3v) is 4.66. The number of fused-ring (bicyclic) bond motifs is 2. The van der Waals surface area contributed by atoms with Crippen LogP contribution >= 0.6 is 11.3 Å². The molecule has 2 unspecified atom stereocenters. The molecule has 0 saturated carbocycles. The zero-order valence-electron chi connectivity index (χ0n) is 12.0. The van der Waals surface area contributed by atoms with Gasteiger partial charge in [-0.2, -0.15) is 4.68 Å². The van der Waals surface area contributed by atoms with Crippen LogP contribution in [0.5, 0.6) is 0 Å². The first-order valence-electron chi connectivity index (χ1n) is 6.86. The number of nitrogens with zero attached hydrogens (tertiary/aromatic N) is 4. The fraction of sp³-hybridized carbons (Fsp3) is 0.500. The van der Waals surface area contributed by atoms with Crippen LogP contribution in [0.15, 0.2) is 9.79 Å². The summed E-state index contributed by atoms with van der Waals surface area (Å²) in [4.78, 5) is 43.3. The first-order chi connectivity index (χ1) is 10.5. The van der Waals surface area contributed by atoms with Crippen molar-refractivity contribution >= 4 is 29.4 Å². The molecule has 0 aliphatic carbocycles. The van der Waals surface area contributed by atoms with Gasteiger partial charge in [-0.25, -0.2) is 14.6 Å². The van der Waals surface area contributed by atoms with Gasteiger partial charge in [0.15, 0.2) is 12.3 Å². The number of hydrogen-bond donors (Lipinski definition) is 2. The molecule has 0 bridgehead atoms. The summed E-state index contributed by atoms with van der Waals surface area (Å²) in [7, 11) is 0. The van der Waals surface area contributed by atoms with E-state index in [1.165, 1.54) is 4.68 Å². The lowest BCUT2D eigenvalue weighted by Crippen LogP contribution is -2.55. The minimum Gasteiger partial charge on any atom is -0.478 e. The lowest BCUT2D eigenvalue weighted by atomic mass is 10.3. The Kier molecular flexibility index (Phi) is 3.39. The lowest BCUT2D eigenvalue weighted by Gasteiger charge is -2.28. The predicted octanol–water partition coefficient (Wildman–Crippen LogP) is -1.62. The van der Waals surface area contributed by atoms with Gasteiger partial charge in [0, 0.05) is 19.2 Å². The molecular formula is C12H15N5O4S. The summed E-state index contributed by atoms with van der Waals surface area (Å²) in [5.74, 6) is -1.18. The Balaban J connectivity index is 2.14. The molecule has 118 valence electrons. The van der Waals surface area contributed by atoms with Crippen LogP contribution in [0.25, 0.3) is 6.08 Å². The highest BCUT2D eigenvalue weighted by molar-refractivity contribution is 7.07. The third kappa shape index (κ3) is 1.98. The van der Waals surface area contributed by atoms with Crippen molar-refractivity contribution in [3.05, 3.63) is 19.7 Å². The van der Waals surface area contributed by atoms with Crippen molar-refractivity contribution in [2.24, 2.45) is 4.99 Å². The van der Waals surface area contributed by atoms with Crippen LogP contribution in [0.2, 0.25) is 0 Å². The Morgan fingerprint density at radius 2 is 2.05 bits per heavy atom. The summed E-state index contributed by atoms with van der Waals surface area (Å²) in [5, 5.41) is 8.80. The molecule has 0 spiro atoms. The number of hydrogen-bond acceptors (Lipinski definition) is 6. The standard InChI is InChI=1S/C12H15N5O4S/c1-3-15-8-9(16(4-2)12(15)21)14-17-10(20)6(5-7(18)19)22-11(17)13-8/h5,8-9,14H,3-4H2,1-2H3,(H,18,19)/b6-5-. The van der Waals surface area contributed by atoms with Crippen LogP contribution in [-0.4, -0.2) is 57.0 Å². The van der Waals surface area contributed by atoms with E-state index < -0.39 is 23.9 Å². The molecule has 0 aromatic carbocycles. The Labute approximate surface area is 128 Å². The van der Waals surface area contributed by atoms with Gasteiger partial charge in [0.25, 0.3) is 5.56 Å². The molecule has 2 aliphatic heterocycles. The fourth-order valence-electron chi connectivity index (χ4n) is 2.69. The van der Waals surface area contributed by atoms with Gasteiger partial charge in [0.05, 0.1) is 0 Å². The summed E-state index contributed by atoms with van der Waals surface area (Å²) in [6.45, 7) is 4.71. The number of carbonyl (C=O) groups excluding carboxylic acids is 1. The second-order valence-electron chi connectivity index (χ2n) is 4.84. The molecular weight excluding hydrogens is 310 g/mol. The average molecular weight is 325 g/mol.